The molecule has 1 unspecified atom stereocenters. The maximum Gasteiger partial charge on any atom is 0.0101 e. The quantitative estimate of drug-likeness (QED) is 0.448. The van der Waals surface area contributed by atoms with Crippen molar-refractivity contribution in [2.75, 3.05) is 26.7 Å². The third-order valence-corrected chi connectivity index (χ3v) is 4.78. The van der Waals surface area contributed by atoms with Crippen LogP contribution in [0.25, 0.3) is 11.1 Å². The Balaban J connectivity index is 0.00000196. The normalized spacial score (nSPS) is 11.2. The van der Waals surface area contributed by atoms with Gasteiger partial charge < -0.3 is 10.6 Å². The monoisotopic (exact) mass is 416 g/mol. The van der Waals surface area contributed by atoms with Crippen LogP contribution in [0.1, 0.15) is 23.5 Å². The number of benzene rings is 3. The van der Waals surface area contributed by atoms with Gasteiger partial charge in [0.1, 0.15) is 0 Å². The van der Waals surface area contributed by atoms with E-state index in [4.69, 9.17) is 0 Å². The van der Waals surface area contributed by atoms with E-state index in [9.17, 15) is 0 Å². The number of hydrogen-bond acceptors (Lipinski definition) is 2. The molecule has 4 heteroatoms. The molecule has 3 aromatic rings. The van der Waals surface area contributed by atoms with Gasteiger partial charge in [0.25, 0.3) is 0 Å². The minimum atomic E-state index is 0. The topological polar surface area (TPSA) is 24.1 Å². The summed E-state index contributed by atoms with van der Waals surface area (Å²) >= 11 is 0. The van der Waals surface area contributed by atoms with Crippen LogP contribution < -0.4 is 10.6 Å². The molecule has 1 atom stereocenters. The van der Waals surface area contributed by atoms with Crippen LogP contribution in [0.5, 0.6) is 0 Å². The van der Waals surface area contributed by atoms with Crippen LogP contribution in [0.4, 0.5) is 0 Å². The first-order chi connectivity index (χ1) is 12.9. The van der Waals surface area contributed by atoms with E-state index in [0.29, 0.717) is 5.92 Å². The lowest BCUT2D eigenvalue weighted by molar-refractivity contribution is 0.597. The summed E-state index contributed by atoms with van der Waals surface area (Å²) in [7, 11) is 1.99. The molecule has 0 aliphatic rings. The Labute approximate surface area is 181 Å². The van der Waals surface area contributed by atoms with Gasteiger partial charge in [-0.25, -0.2) is 0 Å². The van der Waals surface area contributed by atoms with Crippen LogP contribution in [0.3, 0.4) is 0 Å². The molecule has 0 fully saturated rings. The van der Waals surface area contributed by atoms with E-state index in [2.05, 4.69) is 95.6 Å². The number of hydrogen-bond donors (Lipinski definition) is 2. The molecule has 2 N–H and O–H groups in total. The smallest absolute Gasteiger partial charge is 0.0101 e. The van der Waals surface area contributed by atoms with Crippen LogP contribution >= 0.6 is 24.8 Å². The van der Waals surface area contributed by atoms with Crippen LogP contribution in [-0.2, 0) is 0 Å². The molecule has 0 heterocycles. The van der Waals surface area contributed by atoms with Gasteiger partial charge in [-0.05, 0) is 42.3 Å². The molecule has 0 aliphatic carbocycles. The lowest BCUT2D eigenvalue weighted by Gasteiger charge is -2.19. The summed E-state index contributed by atoms with van der Waals surface area (Å²) in [5, 5.41) is 6.71. The maximum atomic E-state index is 3.53. The van der Waals surface area contributed by atoms with E-state index >= 15 is 0 Å². The Morgan fingerprint density at radius 2 is 1.14 bits per heavy atom. The highest BCUT2D eigenvalue weighted by Crippen LogP contribution is 2.29. The molecule has 3 rings (SSSR count). The van der Waals surface area contributed by atoms with Crippen molar-refractivity contribution in [1.29, 1.82) is 0 Å². The molecule has 150 valence electrons. The standard InChI is InChI=1S/C24H28N2.2ClH/c1-25-18-19-26-17-16-24(22-10-6-3-7-11-22)23-14-12-21(13-15-23)20-8-4-2-5-9-20;;/h2-15,24-26H,16-19H2,1H3;2*1H. The third-order valence-electron chi connectivity index (χ3n) is 4.78. The molecular weight excluding hydrogens is 387 g/mol. The fraction of sp³-hybridized carbons (Fsp3) is 0.250. The number of rotatable bonds is 9. The second-order valence-corrected chi connectivity index (χ2v) is 6.59. The zero-order chi connectivity index (χ0) is 18.0. The van der Waals surface area contributed by atoms with Crippen molar-refractivity contribution in [2.24, 2.45) is 0 Å². The van der Waals surface area contributed by atoms with Gasteiger partial charge in [-0.1, -0.05) is 84.9 Å². The van der Waals surface area contributed by atoms with Crippen molar-refractivity contribution >= 4 is 24.8 Å². The van der Waals surface area contributed by atoms with Gasteiger partial charge in [0, 0.05) is 19.0 Å². The second kappa shape index (κ2) is 13.4. The molecule has 0 amide bonds. The van der Waals surface area contributed by atoms with Crippen LogP contribution in [0.15, 0.2) is 84.9 Å². The molecule has 0 aromatic heterocycles. The predicted molar refractivity (Wildman–Crippen MR) is 126 cm³/mol. The zero-order valence-corrected chi connectivity index (χ0v) is 17.9. The van der Waals surface area contributed by atoms with E-state index in [0.717, 1.165) is 26.1 Å². The molecule has 28 heavy (non-hydrogen) atoms. The molecule has 3 aromatic carbocycles. The zero-order valence-electron chi connectivity index (χ0n) is 16.3. The first-order valence-electron chi connectivity index (χ1n) is 9.44. The Bertz CT molecular complexity index is 762. The molecule has 2 nitrogen and oxygen atoms in total. The van der Waals surface area contributed by atoms with Crippen LogP contribution in [0.2, 0.25) is 0 Å². The summed E-state index contributed by atoms with van der Waals surface area (Å²) in [6.45, 7) is 3.02. The second-order valence-electron chi connectivity index (χ2n) is 6.59. The summed E-state index contributed by atoms with van der Waals surface area (Å²) in [6, 6.07) is 30.5. The van der Waals surface area contributed by atoms with Gasteiger partial charge in [0.2, 0.25) is 0 Å². The predicted octanol–water partition coefficient (Wildman–Crippen LogP) is 5.53. The van der Waals surface area contributed by atoms with Crippen molar-refractivity contribution in [3.8, 4) is 11.1 Å². The largest absolute Gasteiger partial charge is 0.318 e. The lowest BCUT2D eigenvalue weighted by Crippen LogP contribution is -2.26. The van der Waals surface area contributed by atoms with Gasteiger partial charge in [0.05, 0.1) is 0 Å². The Morgan fingerprint density at radius 1 is 0.607 bits per heavy atom. The Kier molecular flexibility index (Phi) is 11.5. The summed E-state index contributed by atoms with van der Waals surface area (Å²) in [5.41, 5.74) is 5.30. The van der Waals surface area contributed by atoms with E-state index < -0.39 is 0 Å². The van der Waals surface area contributed by atoms with E-state index in [1.54, 1.807) is 0 Å². The Morgan fingerprint density at radius 3 is 1.75 bits per heavy atom. The molecule has 0 radical (unpaired) electrons. The number of nitrogens with one attached hydrogen (secondary N) is 2. The third kappa shape index (κ3) is 6.96. The molecular formula is C24H30Cl2N2. The van der Waals surface area contributed by atoms with E-state index in [-0.39, 0.29) is 24.8 Å². The number of likely N-dealkylation sites (N-methyl/N-ethyl adjacent to an activating group) is 1. The van der Waals surface area contributed by atoms with Gasteiger partial charge in [-0.3, -0.25) is 0 Å². The van der Waals surface area contributed by atoms with Crippen LogP contribution in [-0.4, -0.2) is 26.7 Å². The van der Waals surface area contributed by atoms with E-state index in [1.807, 2.05) is 7.05 Å². The molecule has 0 spiro atoms. The summed E-state index contributed by atoms with van der Waals surface area (Å²) in [4.78, 5) is 0. The molecule has 0 bridgehead atoms. The van der Waals surface area contributed by atoms with Crippen molar-refractivity contribution < 1.29 is 0 Å². The fourth-order valence-electron chi connectivity index (χ4n) is 3.33. The van der Waals surface area contributed by atoms with Crippen molar-refractivity contribution in [2.45, 2.75) is 12.3 Å². The van der Waals surface area contributed by atoms with E-state index in [1.165, 1.54) is 22.3 Å². The van der Waals surface area contributed by atoms with Gasteiger partial charge in [-0.2, -0.15) is 0 Å². The van der Waals surface area contributed by atoms with Crippen molar-refractivity contribution in [3.05, 3.63) is 96.1 Å². The molecule has 0 aliphatic heterocycles. The van der Waals surface area contributed by atoms with Crippen molar-refractivity contribution in [1.82, 2.24) is 10.6 Å². The maximum absolute atomic E-state index is 3.53. The highest BCUT2D eigenvalue weighted by Gasteiger charge is 2.13. The summed E-state index contributed by atoms with van der Waals surface area (Å²) in [5.74, 6) is 0.420. The van der Waals surface area contributed by atoms with Gasteiger partial charge in [-0.15, -0.1) is 24.8 Å². The van der Waals surface area contributed by atoms with Crippen LogP contribution in [0, 0.1) is 0 Å². The molecule has 0 saturated carbocycles. The first-order valence-corrected chi connectivity index (χ1v) is 9.44. The fourth-order valence-corrected chi connectivity index (χ4v) is 3.33. The highest BCUT2D eigenvalue weighted by atomic mass is 35.5. The number of halogens is 2. The average molecular weight is 417 g/mol. The average Bonchev–Trinajstić information content (AvgIpc) is 2.72. The lowest BCUT2D eigenvalue weighted by atomic mass is 9.87. The highest BCUT2D eigenvalue weighted by molar-refractivity contribution is 5.85. The summed E-state index contributed by atoms with van der Waals surface area (Å²) in [6.07, 6.45) is 1.10. The SMILES string of the molecule is CNCCNCCC(c1ccccc1)c1ccc(-c2ccccc2)cc1.Cl.Cl. The minimum absolute atomic E-state index is 0. The minimum Gasteiger partial charge on any atom is -0.318 e. The van der Waals surface area contributed by atoms with Gasteiger partial charge >= 0.3 is 0 Å². The first kappa shape index (κ1) is 24.2. The Hall–Kier alpha value is -1.84. The van der Waals surface area contributed by atoms with Crippen molar-refractivity contribution in [3.63, 3.8) is 0 Å². The van der Waals surface area contributed by atoms with Gasteiger partial charge in [0.15, 0.2) is 0 Å². The molecule has 0 saturated heterocycles. The summed E-state index contributed by atoms with van der Waals surface area (Å²) < 4.78 is 0.